The fourth-order valence-corrected chi connectivity index (χ4v) is 1.63. The highest BCUT2D eigenvalue weighted by molar-refractivity contribution is 5.90. The second-order valence-corrected chi connectivity index (χ2v) is 3.61. The van der Waals surface area contributed by atoms with Gasteiger partial charge in [0.2, 0.25) is 0 Å². The highest BCUT2D eigenvalue weighted by Gasteiger charge is 2.16. The molecule has 1 N–H and O–H groups in total. The van der Waals surface area contributed by atoms with E-state index in [2.05, 4.69) is 0 Å². The largest absolute Gasteiger partial charge is 0.478 e. The Labute approximate surface area is 97.5 Å². The highest BCUT2D eigenvalue weighted by atomic mass is 19.1. The standard InChI is InChI=1S/C13H11FO3/c1-2-11-10(13(15)16)7-12(17-11)8-3-5-9(14)6-4-8/h3-7H,2H2,1H3,(H,15,16). The lowest BCUT2D eigenvalue weighted by atomic mass is 10.1. The molecule has 0 saturated carbocycles. The Kier molecular flexibility index (Phi) is 2.95. The fraction of sp³-hybridized carbons (Fsp3) is 0.154. The monoisotopic (exact) mass is 234 g/mol. The molecule has 1 heterocycles. The van der Waals surface area contributed by atoms with Crippen LogP contribution in [-0.2, 0) is 6.42 Å². The van der Waals surface area contributed by atoms with Gasteiger partial charge in [-0.1, -0.05) is 6.92 Å². The number of carboxylic acid groups (broad SMARTS) is 1. The second kappa shape index (κ2) is 4.41. The summed E-state index contributed by atoms with van der Waals surface area (Å²) >= 11 is 0. The van der Waals surface area contributed by atoms with Gasteiger partial charge >= 0.3 is 5.97 Å². The summed E-state index contributed by atoms with van der Waals surface area (Å²) in [5.74, 6) is -0.482. The van der Waals surface area contributed by atoms with E-state index < -0.39 is 5.97 Å². The summed E-state index contributed by atoms with van der Waals surface area (Å²) in [7, 11) is 0. The van der Waals surface area contributed by atoms with Crippen LogP contribution in [0.4, 0.5) is 4.39 Å². The molecule has 0 atom stereocenters. The lowest BCUT2D eigenvalue weighted by molar-refractivity contribution is 0.0694. The Morgan fingerprint density at radius 1 is 1.35 bits per heavy atom. The first kappa shape index (κ1) is 11.4. The molecule has 0 fully saturated rings. The van der Waals surface area contributed by atoms with Crippen molar-refractivity contribution in [3.63, 3.8) is 0 Å². The van der Waals surface area contributed by atoms with Crippen LogP contribution in [0.25, 0.3) is 11.3 Å². The number of halogens is 1. The zero-order valence-corrected chi connectivity index (χ0v) is 9.24. The molecule has 1 aromatic carbocycles. The molecule has 2 aromatic rings. The van der Waals surface area contributed by atoms with E-state index in [4.69, 9.17) is 9.52 Å². The summed E-state index contributed by atoms with van der Waals surface area (Å²) in [6.45, 7) is 1.82. The molecule has 1 aromatic heterocycles. The van der Waals surface area contributed by atoms with Gasteiger partial charge in [0.15, 0.2) is 0 Å². The summed E-state index contributed by atoms with van der Waals surface area (Å²) in [5, 5.41) is 8.98. The summed E-state index contributed by atoms with van der Waals surface area (Å²) in [6, 6.07) is 7.20. The summed E-state index contributed by atoms with van der Waals surface area (Å²) in [6.07, 6.45) is 0.503. The third-order valence-corrected chi connectivity index (χ3v) is 2.49. The van der Waals surface area contributed by atoms with Gasteiger partial charge in [0.05, 0.1) is 0 Å². The lowest BCUT2D eigenvalue weighted by Gasteiger charge is -1.96. The first-order valence-electron chi connectivity index (χ1n) is 5.23. The van der Waals surface area contributed by atoms with Crippen molar-refractivity contribution in [1.29, 1.82) is 0 Å². The van der Waals surface area contributed by atoms with Gasteiger partial charge in [-0.2, -0.15) is 0 Å². The number of aryl methyl sites for hydroxylation is 1. The molecule has 88 valence electrons. The minimum Gasteiger partial charge on any atom is -0.478 e. The number of carbonyl (C=O) groups is 1. The van der Waals surface area contributed by atoms with E-state index in [1.807, 2.05) is 6.92 Å². The molecular weight excluding hydrogens is 223 g/mol. The zero-order chi connectivity index (χ0) is 12.4. The Balaban J connectivity index is 2.46. The number of rotatable bonds is 3. The molecule has 0 amide bonds. The summed E-state index contributed by atoms with van der Waals surface area (Å²) in [4.78, 5) is 11.0. The number of hydrogen-bond acceptors (Lipinski definition) is 2. The minimum atomic E-state index is -1.01. The lowest BCUT2D eigenvalue weighted by Crippen LogP contribution is -1.97. The minimum absolute atomic E-state index is 0.159. The normalized spacial score (nSPS) is 10.5. The van der Waals surface area contributed by atoms with E-state index in [1.54, 1.807) is 12.1 Å². The van der Waals surface area contributed by atoms with Gasteiger partial charge < -0.3 is 9.52 Å². The fourth-order valence-electron chi connectivity index (χ4n) is 1.63. The topological polar surface area (TPSA) is 50.4 Å². The van der Waals surface area contributed by atoms with Crippen LogP contribution in [-0.4, -0.2) is 11.1 Å². The predicted molar refractivity (Wildman–Crippen MR) is 60.4 cm³/mol. The van der Waals surface area contributed by atoms with Crippen molar-refractivity contribution in [3.8, 4) is 11.3 Å². The van der Waals surface area contributed by atoms with Crippen molar-refractivity contribution in [3.05, 3.63) is 47.5 Å². The summed E-state index contributed by atoms with van der Waals surface area (Å²) < 4.78 is 18.2. The Hall–Kier alpha value is -2.10. The maximum Gasteiger partial charge on any atom is 0.339 e. The number of furan rings is 1. The number of benzene rings is 1. The van der Waals surface area contributed by atoms with Crippen molar-refractivity contribution >= 4 is 5.97 Å². The SMILES string of the molecule is CCc1oc(-c2ccc(F)cc2)cc1C(=O)O. The second-order valence-electron chi connectivity index (χ2n) is 3.61. The van der Waals surface area contributed by atoms with E-state index in [0.29, 0.717) is 23.5 Å². The van der Waals surface area contributed by atoms with E-state index in [9.17, 15) is 9.18 Å². The van der Waals surface area contributed by atoms with Crippen LogP contribution in [0, 0.1) is 5.82 Å². The molecule has 0 radical (unpaired) electrons. The smallest absolute Gasteiger partial charge is 0.339 e. The maximum absolute atomic E-state index is 12.8. The van der Waals surface area contributed by atoms with Gasteiger partial charge in [-0.15, -0.1) is 0 Å². The van der Waals surface area contributed by atoms with Gasteiger partial charge in [0.25, 0.3) is 0 Å². The van der Waals surface area contributed by atoms with Crippen molar-refractivity contribution in [2.24, 2.45) is 0 Å². The van der Waals surface area contributed by atoms with Gasteiger partial charge in [0, 0.05) is 12.0 Å². The first-order chi connectivity index (χ1) is 8.11. The highest BCUT2D eigenvalue weighted by Crippen LogP contribution is 2.26. The first-order valence-corrected chi connectivity index (χ1v) is 5.23. The molecular formula is C13H11FO3. The number of carboxylic acids is 1. The summed E-state index contributed by atoms with van der Waals surface area (Å²) in [5.41, 5.74) is 0.820. The molecule has 0 aliphatic carbocycles. The maximum atomic E-state index is 12.8. The Morgan fingerprint density at radius 2 is 2.00 bits per heavy atom. The predicted octanol–water partition coefficient (Wildman–Crippen LogP) is 3.35. The van der Waals surface area contributed by atoms with Crippen LogP contribution >= 0.6 is 0 Å². The van der Waals surface area contributed by atoms with Crippen LogP contribution in [0.15, 0.2) is 34.7 Å². The van der Waals surface area contributed by atoms with Crippen molar-refractivity contribution in [2.45, 2.75) is 13.3 Å². The van der Waals surface area contributed by atoms with Gasteiger partial charge in [-0.3, -0.25) is 0 Å². The average molecular weight is 234 g/mol. The molecule has 0 saturated heterocycles. The third kappa shape index (κ3) is 2.20. The van der Waals surface area contributed by atoms with Crippen LogP contribution in [0.2, 0.25) is 0 Å². The average Bonchev–Trinajstić information content (AvgIpc) is 2.74. The van der Waals surface area contributed by atoms with Gasteiger partial charge in [0.1, 0.15) is 22.9 Å². The quantitative estimate of drug-likeness (QED) is 0.885. The molecule has 0 aliphatic rings. The molecule has 17 heavy (non-hydrogen) atoms. The van der Waals surface area contributed by atoms with Crippen molar-refractivity contribution < 1.29 is 18.7 Å². The molecule has 0 bridgehead atoms. The van der Waals surface area contributed by atoms with Crippen molar-refractivity contribution in [1.82, 2.24) is 0 Å². The van der Waals surface area contributed by atoms with Crippen molar-refractivity contribution in [2.75, 3.05) is 0 Å². The van der Waals surface area contributed by atoms with E-state index in [0.717, 1.165) is 0 Å². The van der Waals surface area contributed by atoms with Crippen LogP contribution in [0.1, 0.15) is 23.0 Å². The molecule has 4 heteroatoms. The molecule has 0 spiro atoms. The van der Waals surface area contributed by atoms with E-state index >= 15 is 0 Å². The Morgan fingerprint density at radius 3 is 2.47 bits per heavy atom. The van der Waals surface area contributed by atoms with E-state index in [-0.39, 0.29) is 11.4 Å². The molecule has 0 aliphatic heterocycles. The molecule has 3 nitrogen and oxygen atoms in total. The van der Waals surface area contributed by atoms with E-state index in [1.165, 1.54) is 18.2 Å². The van der Waals surface area contributed by atoms with Crippen LogP contribution < -0.4 is 0 Å². The Bertz CT molecular complexity index is 540. The molecule has 2 rings (SSSR count). The zero-order valence-electron chi connectivity index (χ0n) is 9.24. The van der Waals surface area contributed by atoms with Crippen LogP contribution in [0.5, 0.6) is 0 Å². The van der Waals surface area contributed by atoms with Gasteiger partial charge in [-0.05, 0) is 30.3 Å². The molecule has 0 unspecified atom stereocenters. The van der Waals surface area contributed by atoms with Crippen LogP contribution in [0.3, 0.4) is 0 Å². The number of aromatic carboxylic acids is 1. The van der Waals surface area contributed by atoms with Gasteiger partial charge in [-0.25, -0.2) is 9.18 Å². The number of hydrogen-bond donors (Lipinski definition) is 1. The third-order valence-electron chi connectivity index (χ3n) is 2.49.